The summed E-state index contributed by atoms with van der Waals surface area (Å²) < 4.78 is 0. The minimum absolute atomic E-state index is 1.05. The van der Waals surface area contributed by atoms with Gasteiger partial charge in [0.25, 0.3) is 0 Å². The Labute approximate surface area is 188 Å². The van der Waals surface area contributed by atoms with Gasteiger partial charge in [0.1, 0.15) is 0 Å². The normalized spacial score (nSPS) is 11.4. The van der Waals surface area contributed by atoms with Crippen molar-refractivity contribution in [2.75, 3.05) is 0 Å². The van der Waals surface area contributed by atoms with Crippen LogP contribution in [0.4, 0.5) is 0 Å². The molecule has 0 unspecified atom stereocenters. The molecule has 2 aromatic rings. The average molecular weight is 413 g/mol. The molecular weight excluding hydrogens is 388 g/mol. The Morgan fingerprint density at radius 3 is 1.25 bits per heavy atom. The fourth-order valence-corrected chi connectivity index (χ4v) is 4.51. The zero-order chi connectivity index (χ0) is 21.3. The summed E-state index contributed by atoms with van der Waals surface area (Å²) in [6.07, 6.45) is 6.04. The van der Waals surface area contributed by atoms with Crippen LogP contribution in [0.25, 0.3) is 44.8 Å². The van der Waals surface area contributed by atoms with Gasteiger partial charge in [-0.05, 0) is 93.7 Å². The molecule has 2 N–H and O–H groups in total. The van der Waals surface area contributed by atoms with E-state index in [0.29, 0.717) is 0 Å². The van der Waals surface area contributed by atoms with Gasteiger partial charge in [0.15, 0.2) is 0 Å². The second kappa shape index (κ2) is 7.90. The maximum Gasteiger partial charge on any atom is 0.0459 e. The number of aromatic amines is 2. The number of aryl methyl sites for hydroxylation is 2. The van der Waals surface area contributed by atoms with Gasteiger partial charge < -0.3 is 9.97 Å². The number of pyridine rings is 2. The third-order valence-corrected chi connectivity index (χ3v) is 6.34. The number of nitrogens with one attached hydrogen (secondary N) is 2. The van der Waals surface area contributed by atoms with E-state index < -0.39 is 0 Å². The zero-order valence-electron chi connectivity index (χ0n) is 17.8. The van der Waals surface area contributed by atoms with Gasteiger partial charge >= 0.3 is 0 Å². The molecule has 2 heterocycles. The Hall–Kier alpha value is -4.04. The topological polar surface area (TPSA) is 31.6 Å². The van der Waals surface area contributed by atoms with Crippen LogP contribution in [-0.2, 0) is 12.8 Å². The van der Waals surface area contributed by atoms with Crippen LogP contribution in [0.2, 0.25) is 0 Å². The van der Waals surface area contributed by atoms with Crippen molar-refractivity contribution in [2.24, 2.45) is 0 Å². The Bertz CT molecular complexity index is 1230. The molecule has 0 aromatic heterocycles. The number of aromatic nitrogens is 2. The van der Waals surface area contributed by atoms with Crippen LogP contribution in [0, 0.1) is 0 Å². The molecule has 2 aliphatic carbocycles. The van der Waals surface area contributed by atoms with E-state index in [0.717, 1.165) is 12.8 Å². The molecule has 0 atom stereocenters. The lowest BCUT2D eigenvalue weighted by Gasteiger charge is -2.05. The fraction of sp³-hybridized carbons (Fsp3) is 0.0667. The zero-order valence-corrected chi connectivity index (χ0v) is 17.8. The van der Waals surface area contributed by atoms with E-state index in [1.165, 1.54) is 55.9 Å². The van der Waals surface area contributed by atoms with Crippen molar-refractivity contribution in [3.63, 3.8) is 0 Å². The van der Waals surface area contributed by atoms with Crippen molar-refractivity contribution < 1.29 is 0 Å². The van der Waals surface area contributed by atoms with Crippen molar-refractivity contribution in [1.82, 2.24) is 9.97 Å². The van der Waals surface area contributed by atoms with Gasteiger partial charge in [-0.2, -0.15) is 0 Å². The molecule has 6 rings (SSSR count). The number of benzene rings is 2. The Balaban J connectivity index is 1.13. The lowest BCUT2D eigenvalue weighted by molar-refractivity contribution is 0.961. The van der Waals surface area contributed by atoms with Crippen molar-refractivity contribution >= 4 is 0 Å². The van der Waals surface area contributed by atoms with Crippen LogP contribution in [0.1, 0.15) is 11.1 Å². The molecule has 0 saturated heterocycles. The molecule has 0 amide bonds. The number of rotatable bonds is 5. The average Bonchev–Trinajstić information content (AvgIpc) is 3.48. The molecule has 0 fully saturated rings. The summed E-state index contributed by atoms with van der Waals surface area (Å²) >= 11 is 0. The second-order valence-electron chi connectivity index (χ2n) is 8.46. The van der Waals surface area contributed by atoms with Crippen LogP contribution in [0.3, 0.4) is 0 Å². The van der Waals surface area contributed by atoms with Crippen LogP contribution < -0.4 is 0 Å². The molecule has 0 radical (unpaired) electrons. The van der Waals surface area contributed by atoms with Gasteiger partial charge in [0, 0.05) is 23.8 Å². The minimum atomic E-state index is 1.05. The summed E-state index contributed by atoms with van der Waals surface area (Å²) in [6, 6.07) is 35.3. The summed E-state index contributed by atoms with van der Waals surface area (Å²) in [6.45, 7) is 0. The summed E-state index contributed by atoms with van der Waals surface area (Å²) in [5, 5.41) is 0. The number of H-pyrrole nitrogens is 2. The predicted molar refractivity (Wildman–Crippen MR) is 133 cm³/mol. The van der Waals surface area contributed by atoms with E-state index in [1.807, 2.05) is 24.5 Å². The van der Waals surface area contributed by atoms with Gasteiger partial charge in [-0.15, -0.1) is 0 Å². The molecular formula is C30H24N2. The highest BCUT2D eigenvalue weighted by Gasteiger charge is 2.09. The summed E-state index contributed by atoms with van der Waals surface area (Å²) in [5.74, 6) is 0. The molecule has 2 aromatic carbocycles. The first kappa shape index (κ1) is 18.7. The predicted octanol–water partition coefficient (Wildman–Crippen LogP) is 7.67. The van der Waals surface area contributed by atoms with E-state index in [1.54, 1.807) is 0 Å². The van der Waals surface area contributed by atoms with Crippen LogP contribution in [0.15, 0.2) is 109 Å². The van der Waals surface area contributed by atoms with Crippen molar-refractivity contribution in [2.45, 2.75) is 12.8 Å². The Kier molecular flexibility index (Phi) is 4.62. The van der Waals surface area contributed by atoms with E-state index in [4.69, 9.17) is 0 Å². The first-order valence-electron chi connectivity index (χ1n) is 11.1. The molecule has 4 aliphatic rings. The quantitative estimate of drug-likeness (QED) is 0.291. The van der Waals surface area contributed by atoms with E-state index in [2.05, 4.69) is 94.9 Å². The number of fused-ring (bicyclic) bond motifs is 2. The largest absolute Gasteiger partial charge is 0.361 e. The van der Waals surface area contributed by atoms with Crippen molar-refractivity contribution in [1.29, 1.82) is 0 Å². The Morgan fingerprint density at radius 1 is 0.406 bits per heavy atom. The third-order valence-electron chi connectivity index (χ3n) is 6.34. The smallest absolute Gasteiger partial charge is 0.0459 e. The van der Waals surface area contributed by atoms with Gasteiger partial charge in [-0.1, -0.05) is 60.7 Å². The molecule has 154 valence electrons. The van der Waals surface area contributed by atoms with E-state index >= 15 is 0 Å². The monoisotopic (exact) mass is 412 g/mol. The highest BCUT2D eigenvalue weighted by molar-refractivity contribution is 5.79. The van der Waals surface area contributed by atoms with Gasteiger partial charge in [-0.25, -0.2) is 0 Å². The maximum absolute atomic E-state index is 3.31. The van der Waals surface area contributed by atoms with Gasteiger partial charge in [0.05, 0.1) is 0 Å². The second-order valence-corrected chi connectivity index (χ2v) is 8.46. The standard InChI is InChI=1S/C30H24N2/c1-3-25-17-27(19-29(25)31-15-1)23-11-7-21(8-12-23)5-6-22-9-13-24(14-10-22)28-18-26-4-2-16-32-30(26)20-28/h1-4,7-20,31-32H,5-6H2. The van der Waals surface area contributed by atoms with E-state index in [-0.39, 0.29) is 0 Å². The van der Waals surface area contributed by atoms with Gasteiger partial charge in [0.2, 0.25) is 0 Å². The van der Waals surface area contributed by atoms with Crippen molar-refractivity contribution in [3.05, 3.63) is 121 Å². The number of hydrogen-bond donors (Lipinski definition) is 2. The first-order chi connectivity index (χ1) is 15.8. The van der Waals surface area contributed by atoms with E-state index in [9.17, 15) is 0 Å². The molecule has 2 nitrogen and oxygen atoms in total. The lowest BCUT2D eigenvalue weighted by atomic mass is 10.00. The van der Waals surface area contributed by atoms with Crippen molar-refractivity contribution in [3.8, 4) is 44.8 Å². The maximum atomic E-state index is 3.31. The number of hydrogen-bond acceptors (Lipinski definition) is 0. The molecule has 0 saturated carbocycles. The molecule has 2 aliphatic heterocycles. The highest BCUT2D eigenvalue weighted by atomic mass is 14.7. The molecule has 0 bridgehead atoms. The van der Waals surface area contributed by atoms with Crippen LogP contribution >= 0.6 is 0 Å². The van der Waals surface area contributed by atoms with Crippen LogP contribution in [-0.4, -0.2) is 9.97 Å². The molecule has 2 heteroatoms. The van der Waals surface area contributed by atoms with Gasteiger partial charge in [-0.3, -0.25) is 0 Å². The SMILES string of the molecule is c1c[nH]c2cc(-c3ccc(CCc4ccc(-c5cc6ccc[nH]c-6c5)cc4)cc3)cc-2c1. The fourth-order valence-electron chi connectivity index (χ4n) is 4.51. The first-order valence-corrected chi connectivity index (χ1v) is 11.1. The minimum Gasteiger partial charge on any atom is -0.361 e. The highest BCUT2D eigenvalue weighted by Crippen LogP contribution is 2.32. The Morgan fingerprint density at radius 2 is 0.844 bits per heavy atom. The third kappa shape index (κ3) is 3.61. The van der Waals surface area contributed by atoms with Crippen LogP contribution in [0.5, 0.6) is 0 Å². The molecule has 32 heavy (non-hydrogen) atoms. The summed E-state index contributed by atoms with van der Waals surface area (Å²) in [4.78, 5) is 6.62. The molecule has 0 spiro atoms. The summed E-state index contributed by atoms with van der Waals surface area (Å²) in [7, 11) is 0. The lowest BCUT2D eigenvalue weighted by Crippen LogP contribution is -1.91. The summed E-state index contributed by atoms with van der Waals surface area (Å²) in [5.41, 5.74) is 12.7.